The third-order valence-corrected chi connectivity index (χ3v) is 5.55. The van der Waals surface area contributed by atoms with Crippen molar-refractivity contribution >= 4 is 21.5 Å². The predicted octanol–water partition coefficient (Wildman–Crippen LogP) is 4.80. The zero-order valence-electron chi connectivity index (χ0n) is 17.7. The van der Waals surface area contributed by atoms with Crippen LogP contribution < -0.4 is 10.3 Å². The van der Waals surface area contributed by atoms with E-state index in [1.165, 1.54) is 16.8 Å². The minimum absolute atomic E-state index is 0.000829. The van der Waals surface area contributed by atoms with E-state index in [9.17, 15) is 14.3 Å². The van der Waals surface area contributed by atoms with Crippen molar-refractivity contribution in [1.82, 2.24) is 9.78 Å². The highest BCUT2D eigenvalue weighted by molar-refractivity contribution is 5.93. The summed E-state index contributed by atoms with van der Waals surface area (Å²) in [6.45, 7) is -0.0382. The lowest BCUT2D eigenvalue weighted by molar-refractivity contribution is 0.0889. The van der Waals surface area contributed by atoms with Gasteiger partial charge in [-0.05, 0) is 41.8 Å². The maximum atomic E-state index is 13.4. The first-order chi connectivity index (χ1) is 16.1. The van der Waals surface area contributed by atoms with E-state index >= 15 is 0 Å². The van der Waals surface area contributed by atoms with E-state index in [-0.39, 0.29) is 24.5 Å². The van der Waals surface area contributed by atoms with Crippen molar-refractivity contribution < 1.29 is 14.2 Å². The summed E-state index contributed by atoms with van der Waals surface area (Å²) in [6, 6.07) is 26.7. The van der Waals surface area contributed by atoms with Gasteiger partial charge in [0.2, 0.25) is 0 Å². The molecule has 5 rings (SSSR count). The lowest BCUT2D eigenvalue weighted by Gasteiger charge is -2.16. The van der Waals surface area contributed by atoms with E-state index in [0.717, 1.165) is 10.8 Å². The monoisotopic (exact) mass is 440 g/mol. The molecule has 1 heterocycles. The first-order valence-electron chi connectivity index (χ1n) is 10.6. The van der Waals surface area contributed by atoms with Crippen molar-refractivity contribution in [3.8, 4) is 17.0 Å². The molecule has 0 fully saturated rings. The molecule has 1 N–H and O–H groups in total. The van der Waals surface area contributed by atoms with Gasteiger partial charge in [-0.1, -0.05) is 54.6 Å². The molecule has 0 aliphatic carbocycles. The highest BCUT2D eigenvalue weighted by Gasteiger charge is 2.15. The zero-order valence-corrected chi connectivity index (χ0v) is 17.7. The molecule has 0 amide bonds. The Kier molecular flexibility index (Phi) is 5.59. The van der Waals surface area contributed by atoms with Gasteiger partial charge in [-0.25, -0.2) is 9.07 Å². The molecule has 0 bridgehead atoms. The Balaban J connectivity index is 1.44. The molecule has 1 aromatic heterocycles. The van der Waals surface area contributed by atoms with Crippen LogP contribution in [-0.2, 0) is 6.54 Å². The third kappa shape index (κ3) is 4.21. The second-order valence-corrected chi connectivity index (χ2v) is 7.83. The average Bonchev–Trinajstić information content (AvgIpc) is 2.85. The van der Waals surface area contributed by atoms with Crippen LogP contribution in [0.4, 0.5) is 4.39 Å². The molecule has 164 valence electrons. The second kappa shape index (κ2) is 8.84. The van der Waals surface area contributed by atoms with Crippen LogP contribution in [0.5, 0.6) is 5.75 Å². The van der Waals surface area contributed by atoms with E-state index < -0.39 is 6.10 Å². The highest BCUT2D eigenvalue weighted by Crippen LogP contribution is 2.26. The quantitative estimate of drug-likeness (QED) is 0.412. The normalized spacial score (nSPS) is 12.2. The van der Waals surface area contributed by atoms with E-state index in [2.05, 4.69) is 5.10 Å². The molecule has 1 unspecified atom stereocenters. The lowest BCUT2D eigenvalue weighted by atomic mass is 10.1. The SMILES string of the molecule is O=c1c2ccccc2c(-c2ccc(F)cc2)nn1CC(O)COc1cccc2ccccc12. The summed E-state index contributed by atoms with van der Waals surface area (Å²) in [7, 11) is 0. The van der Waals surface area contributed by atoms with Crippen molar-refractivity contribution in [3.05, 3.63) is 107 Å². The van der Waals surface area contributed by atoms with Crippen LogP contribution in [0, 0.1) is 5.82 Å². The van der Waals surface area contributed by atoms with Crippen molar-refractivity contribution in [2.45, 2.75) is 12.6 Å². The van der Waals surface area contributed by atoms with Gasteiger partial charge in [0.1, 0.15) is 24.3 Å². The summed E-state index contributed by atoms with van der Waals surface area (Å²) >= 11 is 0. The van der Waals surface area contributed by atoms with Crippen molar-refractivity contribution in [1.29, 1.82) is 0 Å². The molecule has 0 aliphatic heterocycles. The topological polar surface area (TPSA) is 64.4 Å². The maximum absolute atomic E-state index is 13.4. The molecule has 0 aliphatic rings. The van der Waals surface area contributed by atoms with Crippen molar-refractivity contribution in [2.24, 2.45) is 0 Å². The van der Waals surface area contributed by atoms with Crippen LogP contribution in [0.15, 0.2) is 95.8 Å². The molecule has 0 saturated carbocycles. The summed E-state index contributed by atoms with van der Waals surface area (Å²) in [5.41, 5.74) is 0.927. The van der Waals surface area contributed by atoms with E-state index in [1.807, 2.05) is 54.6 Å². The number of aliphatic hydroxyl groups is 1. The molecule has 5 aromatic rings. The van der Waals surface area contributed by atoms with Gasteiger partial charge in [0, 0.05) is 16.3 Å². The molecule has 5 nitrogen and oxygen atoms in total. The fraction of sp³-hybridized carbons (Fsp3) is 0.111. The first kappa shape index (κ1) is 20.8. The Morgan fingerprint density at radius 3 is 2.30 bits per heavy atom. The predicted molar refractivity (Wildman–Crippen MR) is 127 cm³/mol. The number of benzene rings is 4. The number of rotatable bonds is 6. The van der Waals surface area contributed by atoms with Gasteiger partial charge in [0.25, 0.3) is 5.56 Å². The Morgan fingerprint density at radius 1 is 0.848 bits per heavy atom. The number of aromatic nitrogens is 2. The van der Waals surface area contributed by atoms with E-state index in [1.54, 1.807) is 24.3 Å². The van der Waals surface area contributed by atoms with Crippen LogP contribution in [0.3, 0.4) is 0 Å². The van der Waals surface area contributed by atoms with Gasteiger partial charge in [0.15, 0.2) is 0 Å². The largest absolute Gasteiger partial charge is 0.490 e. The number of nitrogens with zero attached hydrogens (tertiary/aromatic N) is 2. The highest BCUT2D eigenvalue weighted by atomic mass is 19.1. The molecule has 0 spiro atoms. The Hall–Kier alpha value is -4.03. The van der Waals surface area contributed by atoms with Gasteiger partial charge in [-0.15, -0.1) is 0 Å². The fourth-order valence-corrected chi connectivity index (χ4v) is 3.94. The first-order valence-corrected chi connectivity index (χ1v) is 10.6. The molecular weight excluding hydrogens is 419 g/mol. The van der Waals surface area contributed by atoms with Gasteiger partial charge >= 0.3 is 0 Å². The number of hydrogen-bond donors (Lipinski definition) is 1. The summed E-state index contributed by atoms with van der Waals surface area (Å²) in [6.07, 6.45) is -0.962. The Labute approximate surface area is 189 Å². The summed E-state index contributed by atoms with van der Waals surface area (Å²) < 4.78 is 20.6. The maximum Gasteiger partial charge on any atom is 0.274 e. The van der Waals surface area contributed by atoms with Crippen LogP contribution in [-0.4, -0.2) is 27.6 Å². The molecular formula is C27H21FN2O3. The molecule has 1 atom stereocenters. The van der Waals surface area contributed by atoms with Crippen LogP contribution in [0.25, 0.3) is 32.8 Å². The number of aliphatic hydroxyl groups excluding tert-OH is 1. The smallest absolute Gasteiger partial charge is 0.274 e. The van der Waals surface area contributed by atoms with Crippen LogP contribution in [0.1, 0.15) is 0 Å². The molecule has 0 saturated heterocycles. The Bertz CT molecular complexity index is 1490. The zero-order chi connectivity index (χ0) is 22.8. The minimum Gasteiger partial charge on any atom is -0.490 e. The molecule has 33 heavy (non-hydrogen) atoms. The fourth-order valence-electron chi connectivity index (χ4n) is 3.94. The summed E-state index contributed by atoms with van der Waals surface area (Å²) in [5, 5.41) is 18.3. The number of ether oxygens (including phenoxy) is 1. The molecule has 0 radical (unpaired) electrons. The summed E-state index contributed by atoms with van der Waals surface area (Å²) in [4.78, 5) is 13.0. The van der Waals surface area contributed by atoms with Crippen LogP contribution >= 0.6 is 0 Å². The number of hydrogen-bond acceptors (Lipinski definition) is 4. The number of halogens is 1. The lowest BCUT2D eigenvalue weighted by Crippen LogP contribution is -2.32. The van der Waals surface area contributed by atoms with Crippen LogP contribution in [0.2, 0.25) is 0 Å². The van der Waals surface area contributed by atoms with Crippen molar-refractivity contribution in [3.63, 3.8) is 0 Å². The molecule has 4 aromatic carbocycles. The number of fused-ring (bicyclic) bond motifs is 2. The van der Waals surface area contributed by atoms with Gasteiger partial charge < -0.3 is 9.84 Å². The van der Waals surface area contributed by atoms with E-state index in [0.29, 0.717) is 27.8 Å². The second-order valence-electron chi connectivity index (χ2n) is 7.83. The standard InChI is InChI=1S/C27H21FN2O3/c28-20-14-12-19(13-15-20)26-23-9-3-4-10-24(23)27(32)30(29-26)16-21(31)17-33-25-11-5-7-18-6-1-2-8-22(18)25/h1-15,21,31H,16-17H2. The van der Waals surface area contributed by atoms with Gasteiger partial charge in [0.05, 0.1) is 17.6 Å². The van der Waals surface area contributed by atoms with Gasteiger partial charge in [-0.2, -0.15) is 5.10 Å². The molecule has 6 heteroatoms. The van der Waals surface area contributed by atoms with Crippen molar-refractivity contribution in [2.75, 3.05) is 6.61 Å². The van der Waals surface area contributed by atoms with Gasteiger partial charge in [-0.3, -0.25) is 4.79 Å². The van der Waals surface area contributed by atoms with E-state index in [4.69, 9.17) is 4.74 Å². The average molecular weight is 440 g/mol. The third-order valence-electron chi connectivity index (χ3n) is 5.55. The Morgan fingerprint density at radius 2 is 1.52 bits per heavy atom. The summed E-state index contributed by atoms with van der Waals surface area (Å²) in [5.74, 6) is 0.315. The minimum atomic E-state index is -0.962.